The first kappa shape index (κ1) is 14.9. The average molecular weight is 338 g/mol. The van der Waals surface area contributed by atoms with Crippen LogP contribution < -0.4 is 9.64 Å². The summed E-state index contributed by atoms with van der Waals surface area (Å²) < 4.78 is 18.7. The maximum Gasteiger partial charge on any atom is 0.214 e. The van der Waals surface area contributed by atoms with Gasteiger partial charge in [0.1, 0.15) is 17.3 Å². The van der Waals surface area contributed by atoms with Crippen molar-refractivity contribution in [3.8, 4) is 5.75 Å². The Hall–Kier alpha value is -2.04. The third-order valence-corrected chi connectivity index (χ3v) is 3.75. The van der Waals surface area contributed by atoms with Crippen molar-refractivity contribution in [3.05, 3.63) is 63.9 Å². The fourth-order valence-electron chi connectivity index (χ4n) is 2.23. The maximum atomic E-state index is 13.0. The van der Waals surface area contributed by atoms with Gasteiger partial charge in [0.25, 0.3) is 0 Å². The van der Waals surface area contributed by atoms with Crippen LogP contribution in [0.3, 0.4) is 0 Å². The first-order valence-corrected chi connectivity index (χ1v) is 7.19. The number of fused-ring (bicyclic) bond motifs is 1. The quantitative estimate of drug-likeness (QED) is 0.770. The fraction of sp³-hybridized carbons (Fsp3) is 0.0625. The van der Waals surface area contributed by atoms with Gasteiger partial charge in [-0.1, -0.05) is 23.2 Å². The molecule has 2 aromatic rings. The molecule has 112 valence electrons. The van der Waals surface area contributed by atoms with E-state index in [1.807, 2.05) is 0 Å². The molecule has 0 fully saturated rings. The van der Waals surface area contributed by atoms with Gasteiger partial charge < -0.3 is 9.64 Å². The average Bonchev–Trinajstić information content (AvgIpc) is 2.49. The van der Waals surface area contributed by atoms with Crippen molar-refractivity contribution in [2.45, 2.75) is 0 Å². The second-order valence-electron chi connectivity index (χ2n) is 4.66. The summed E-state index contributed by atoms with van der Waals surface area (Å²) in [6, 6.07) is 8.88. The van der Waals surface area contributed by atoms with Crippen LogP contribution in [0.15, 0.2) is 42.5 Å². The van der Waals surface area contributed by atoms with Gasteiger partial charge in [0.15, 0.2) is 0 Å². The zero-order valence-electron chi connectivity index (χ0n) is 11.2. The minimum atomic E-state index is -0.345. The molecule has 6 heteroatoms. The van der Waals surface area contributed by atoms with E-state index in [2.05, 4.69) is 0 Å². The second-order valence-corrected chi connectivity index (χ2v) is 5.51. The zero-order valence-corrected chi connectivity index (χ0v) is 12.7. The number of hydrogen-bond acceptors (Lipinski definition) is 2. The number of carbonyl (C=O) groups is 1. The molecule has 1 amide bonds. The van der Waals surface area contributed by atoms with Gasteiger partial charge in [0, 0.05) is 11.6 Å². The third-order valence-electron chi connectivity index (χ3n) is 3.23. The minimum Gasteiger partial charge on any atom is -0.457 e. The lowest BCUT2D eigenvalue weighted by atomic mass is 10.1. The molecule has 0 saturated heterocycles. The van der Waals surface area contributed by atoms with E-state index in [4.69, 9.17) is 27.9 Å². The van der Waals surface area contributed by atoms with Crippen LogP contribution in [0.25, 0.3) is 5.76 Å². The first-order chi connectivity index (χ1) is 10.6. The van der Waals surface area contributed by atoms with Gasteiger partial charge in [-0.2, -0.15) is 0 Å². The van der Waals surface area contributed by atoms with Crippen LogP contribution in [0.4, 0.5) is 10.1 Å². The van der Waals surface area contributed by atoms with Gasteiger partial charge in [-0.3, -0.25) is 4.79 Å². The van der Waals surface area contributed by atoms with Crippen LogP contribution in [0.1, 0.15) is 5.56 Å². The Bertz CT molecular complexity index is 759. The molecule has 1 aliphatic rings. The number of anilines is 1. The number of amides is 1. The molecule has 1 aliphatic heterocycles. The lowest BCUT2D eigenvalue weighted by Gasteiger charge is -2.26. The smallest absolute Gasteiger partial charge is 0.214 e. The molecule has 2 aromatic carbocycles. The van der Waals surface area contributed by atoms with Crippen LogP contribution in [0.5, 0.6) is 5.75 Å². The van der Waals surface area contributed by atoms with Gasteiger partial charge in [0.2, 0.25) is 6.41 Å². The number of ether oxygens (including phenoxy) is 1. The van der Waals surface area contributed by atoms with E-state index >= 15 is 0 Å². The summed E-state index contributed by atoms with van der Waals surface area (Å²) >= 11 is 12.2. The summed E-state index contributed by atoms with van der Waals surface area (Å²) in [6.07, 6.45) is 2.44. The van der Waals surface area contributed by atoms with E-state index in [0.29, 0.717) is 45.8 Å². The van der Waals surface area contributed by atoms with Crippen molar-refractivity contribution in [2.75, 3.05) is 11.4 Å². The summed E-state index contributed by atoms with van der Waals surface area (Å²) in [5.41, 5.74) is 1.15. The summed E-state index contributed by atoms with van der Waals surface area (Å²) in [5, 5.41) is 0.807. The van der Waals surface area contributed by atoms with Crippen molar-refractivity contribution in [1.29, 1.82) is 0 Å². The standard InChI is InChI=1S/C16H10Cl2FNO2/c17-10-7-13(18)16-14(8-10)20(9-21)6-5-15(16)22-12-3-1-11(19)2-4-12/h1-5,7-9H,6H2. The molecule has 0 aromatic heterocycles. The molecular formula is C16H10Cl2FNO2. The Labute approximate surface area is 136 Å². The minimum absolute atomic E-state index is 0.337. The highest BCUT2D eigenvalue weighted by Gasteiger charge is 2.23. The Kier molecular flexibility index (Phi) is 4.05. The third kappa shape index (κ3) is 2.80. The summed E-state index contributed by atoms with van der Waals surface area (Å²) in [7, 11) is 0. The molecule has 0 bridgehead atoms. The summed E-state index contributed by atoms with van der Waals surface area (Å²) in [4.78, 5) is 12.7. The van der Waals surface area contributed by atoms with Crippen molar-refractivity contribution in [1.82, 2.24) is 0 Å². The highest BCUT2D eigenvalue weighted by Crippen LogP contribution is 2.39. The van der Waals surface area contributed by atoms with E-state index in [1.54, 1.807) is 18.2 Å². The van der Waals surface area contributed by atoms with Crippen LogP contribution in [-0.4, -0.2) is 13.0 Å². The Morgan fingerprint density at radius 1 is 1.18 bits per heavy atom. The molecule has 22 heavy (non-hydrogen) atoms. The molecule has 0 spiro atoms. The van der Waals surface area contributed by atoms with Crippen LogP contribution in [-0.2, 0) is 4.79 Å². The van der Waals surface area contributed by atoms with E-state index in [0.717, 1.165) is 0 Å². The van der Waals surface area contributed by atoms with Crippen LogP contribution in [0, 0.1) is 5.82 Å². The van der Waals surface area contributed by atoms with E-state index in [9.17, 15) is 9.18 Å². The molecule has 1 heterocycles. The molecule has 0 atom stereocenters. The highest BCUT2D eigenvalue weighted by molar-refractivity contribution is 6.36. The number of carbonyl (C=O) groups excluding carboxylic acids is 1. The topological polar surface area (TPSA) is 29.5 Å². The van der Waals surface area contributed by atoms with E-state index in [-0.39, 0.29) is 5.82 Å². The van der Waals surface area contributed by atoms with Gasteiger partial charge in [0.05, 0.1) is 16.3 Å². The molecular weight excluding hydrogens is 328 g/mol. The molecule has 3 rings (SSSR count). The molecule has 0 radical (unpaired) electrons. The van der Waals surface area contributed by atoms with Crippen LogP contribution in [0.2, 0.25) is 10.0 Å². The number of benzene rings is 2. The highest BCUT2D eigenvalue weighted by atomic mass is 35.5. The van der Waals surface area contributed by atoms with Gasteiger partial charge >= 0.3 is 0 Å². The first-order valence-electron chi connectivity index (χ1n) is 6.43. The van der Waals surface area contributed by atoms with Gasteiger partial charge in [-0.15, -0.1) is 0 Å². The predicted octanol–water partition coefficient (Wildman–Crippen LogP) is 4.53. The van der Waals surface area contributed by atoms with Crippen LogP contribution >= 0.6 is 23.2 Å². The van der Waals surface area contributed by atoms with Crippen molar-refractivity contribution in [2.24, 2.45) is 0 Å². The fourth-order valence-corrected chi connectivity index (χ4v) is 2.81. The lowest BCUT2D eigenvalue weighted by molar-refractivity contribution is -0.107. The van der Waals surface area contributed by atoms with Gasteiger partial charge in [-0.25, -0.2) is 4.39 Å². The Morgan fingerprint density at radius 2 is 1.91 bits per heavy atom. The van der Waals surface area contributed by atoms with Gasteiger partial charge in [-0.05, 0) is 42.5 Å². The number of halogens is 3. The van der Waals surface area contributed by atoms with E-state index < -0.39 is 0 Å². The molecule has 0 unspecified atom stereocenters. The summed E-state index contributed by atoms with van der Waals surface area (Å²) in [5.74, 6) is 0.632. The number of rotatable bonds is 3. The monoisotopic (exact) mass is 337 g/mol. The zero-order chi connectivity index (χ0) is 15.7. The predicted molar refractivity (Wildman–Crippen MR) is 84.9 cm³/mol. The maximum absolute atomic E-state index is 13.0. The molecule has 0 N–H and O–H groups in total. The number of hydrogen-bond donors (Lipinski definition) is 0. The summed E-state index contributed by atoms with van der Waals surface area (Å²) in [6.45, 7) is 0.337. The van der Waals surface area contributed by atoms with Crippen molar-refractivity contribution < 1.29 is 13.9 Å². The lowest BCUT2D eigenvalue weighted by Crippen LogP contribution is -2.26. The SMILES string of the molecule is O=CN1CC=C(Oc2ccc(F)cc2)c2c(Cl)cc(Cl)cc21. The Balaban J connectivity index is 2.02. The molecule has 0 saturated carbocycles. The van der Waals surface area contributed by atoms with Crippen molar-refractivity contribution >= 4 is 41.1 Å². The molecule has 3 nitrogen and oxygen atoms in total. The largest absolute Gasteiger partial charge is 0.457 e. The molecule has 0 aliphatic carbocycles. The van der Waals surface area contributed by atoms with Crippen molar-refractivity contribution in [3.63, 3.8) is 0 Å². The Morgan fingerprint density at radius 3 is 2.59 bits per heavy atom. The normalized spacial score (nSPS) is 13.4. The second kappa shape index (κ2) is 5.99. The number of nitrogens with zero attached hydrogens (tertiary/aromatic N) is 1. The van der Waals surface area contributed by atoms with E-state index in [1.165, 1.54) is 29.2 Å².